The van der Waals surface area contributed by atoms with Crippen molar-refractivity contribution in [3.8, 4) is 6.07 Å². The molecule has 194 valence electrons. The molecule has 0 aromatic rings. The van der Waals surface area contributed by atoms with Crippen LogP contribution in [-0.2, 0) is 9.59 Å². The normalized spacial score (nSPS) is 12.1. The fraction of sp³-hybridized carbons (Fsp3) is 0.826. The number of nitrogens with zero attached hydrogens (tertiary/aromatic N) is 3. The lowest BCUT2D eigenvalue weighted by molar-refractivity contribution is -0.525. The number of unbranched alkanes of at least 4 members (excludes halogenated alkanes) is 8. The van der Waals surface area contributed by atoms with E-state index in [1.807, 2.05) is 0 Å². The van der Waals surface area contributed by atoms with E-state index >= 15 is 0 Å². The van der Waals surface area contributed by atoms with Crippen molar-refractivity contribution in [3.05, 3.63) is 10.1 Å². The maximum atomic E-state index is 12.6. The Hall–Kier alpha value is -2.90. The number of amides is 2. The van der Waals surface area contributed by atoms with Gasteiger partial charge in [-0.3, -0.25) is 9.59 Å². The van der Waals surface area contributed by atoms with E-state index < -0.39 is 11.1 Å². The number of rotatable bonds is 20. The summed E-state index contributed by atoms with van der Waals surface area (Å²) in [7, 11) is 0. The van der Waals surface area contributed by atoms with Gasteiger partial charge in [0.15, 0.2) is 5.03 Å². The number of hydrogen-bond donors (Lipinski definition) is 4. The lowest BCUT2D eigenvalue weighted by Gasteiger charge is -2.19. The van der Waals surface area contributed by atoms with Gasteiger partial charge in [-0.1, -0.05) is 57.8 Å². The Morgan fingerprint density at radius 1 is 1.03 bits per heavy atom. The first-order valence-corrected chi connectivity index (χ1v) is 12.4. The maximum absolute atomic E-state index is 12.6. The van der Waals surface area contributed by atoms with Crippen molar-refractivity contribution in [1.29, 1.82) is 5.26 Å². The third-order valence-electron chi connectivity index (χ3n) is 5.25. The minimum atomic E-state index is -0.791. The molecule has 0 fully saturated rings. The van der Waals surface area contributed by atoms with Crippen LogP contribution in [0.4, 0.5) is 0 Å². The molecule has 0 rings (SSSR count). The molecule has 34 heavy (non-hydrogen) atoms. The summed E-state index contributed by atoms with van der Waals surface area (Å²) in [6, 6.07) is 1.48. The molecule has 0 unspecified atom stereocenters. The van der Waals surface area contributed by atoms with Crippen LogP contribution in [-0.4, -0.2) is 41.9 Å². The number of hydrogen-bond acceptors (Lipinski definition) is 6. The molecule has 0 aromatic heterocycles. The Kier molecular flexibility index (Phi) is 18.9. The van der Waals surface area contributed by atoms with Gasteiger partial charge in [-0.2, -0.15) is 5.26 Å². The smallest absolute Gasteiger partial charge is 0.251 e. The summed E-state index contributed by atoms with van der Waals surface area (Å²) in [5.74, 6) is -0.226. The third-order valence-corrected chi connectivity index (χ3v) is 5.25. The van der Waals surface area contributed by atoms with Gasteiger partial charge >= 0.3 is 0 Å². The lowest BCUT2D eigenvalue weighted by Crippen LogP contribution is -2.47. The first-order valence-electron chi connectivity index (χ1n) is 12.4. The van der Waals surface area contributed by atoms with Gasteiger partial charge in [0.1, 0.15) is 6.04 Å². The molecular formula is C23H43N7O4. The van der Waals surface area contributed by atoms with Gasteiger partial charge in [0.25, 0.3) is 5.96 Å². The molecular weight excluding hydrogens is 438 g/mol. The number of hydrazine groups is 1. The summed E-state index contributed by atoms with van der Waals surface area (Å²) in [4.78, 5) is 39.1. The fourth-order valence-electron chi connectivity index (χ4n) is 3.32. The van der Waals surface area contributed by atoms with Crippen LogP contribution in [0.15, 0.2) is 4.99 Å². The largest absolute Gasteiger partial charge is 0.365 e. The van der Waals surface area contributed by atoms with E-state index in [1.165, 1.54) is 0 Å². The van der Waals surface area contributed by atoms with Crippen LogP contribution >= 0.6 is 0 Å². The molecule has 0 saturated carbocycles. The number of carbonyl (C=O) groups excluding carboxylic acids is 2. The minimum absolute atomic E-state index is 0.154. The van der Waals surface area contributed by atoms with Crippen LogP contribution in [0.25, 0.3) is 0 Å². The van der Waals surface area contributed by atoms with Gasteiger partial charge in [-0.25, -0.2) is 15.1 Å². The van der Waals surface area contributed by atoms with Crippen LogP contribution < -0.4 is 21.8 Å². The molecule has 0 heterocycles. The Labute approximate surface area is 203 Å². The van der Waals surface area contributed by atoms with Gasteiger partial charge in [-0.15, -0.1) is 0 Å². The molecule has 2 amide bonds. The van der Waals surface area contributed by atoms with Gasteiger partial charge < -0.3 is 16.4 Å². The lowest BCUT2D eigenvalue weighted by atomic mass is 10.1. The zero-order valence-electron chi connectivity index (χ0n) is 20.8. The molecule has 0 saturated heterocycles. The van der Waals surface area contributed by atoms with Gasteiger partial charge in [0.05, 0.1) is 6.07 Å². The summed E-state index contributed by atoms with van der Waals surface area (Å²) >= 11 is 0. The van der Waals surface area contributed by atoms with Crippen molar-refractivity contribution in [3.63, 3.8) is 0 Å². The van der Waals surface area contributed by atoms with Crippen LogP contribution in [0.1, 0.15) is 97.3 Å². The van der Waals surface area contributed by atoms with Crippen molar-refractivity contribution in [2.45, 2.75) is 103 Å². The molecule has 0 aliphatic carbocycles. The molecule has 0 aliphatic heterocycles. The SMILES string of the molecule is CC(C)CCNC(=O)[C@H](CCCN=C(N)N[N+](=O)[O-])NC(=O)CCCCCCCCCCC#N. The zero-order chi connectivity index (χ0) is 25.6. The average molecular weight is 482 g/mol. The average Bonchev–Trinajstić information content (AvgIpc) is 2.76. The van der Waals surface area contributed by atoms with Gasteiger partial charge in [0, 0.05) is 25.9 Å². The first-order chi connectivity index (χ1) is 16.3. The summed E-state index contributed by atoms with van der Waals surface area (Å²) in [5, 5.41) is 23.8. The van der Waals surface area contributed by atoms with E-state index in [1.54, 1.807) is 5.43 Å². The highest BCUT2D eigenvalue weighted by atomic mass is 16.7. The minimum Gasteiger partial charge on any atom is -0.365 e. The zero-order valence-corrected chi connectivity index (χ0v) is 20.8. The Bertz CT molecular complexity index is 662. The highest BCUT2D eigenvalue weighted by Gasteiger charge is 2.20. The predicted octanol–water partition coefficient (Wildman–Crippen LogP) is 2.93. The molecule has 11 heteroatoms. The Balaban J connectivity index is 4.34. The van der Waals surface area contributed by atoms with Crippen LogP contribution in [0, 0.1) is 27.4 Å². The van der Waals surface area contributed by atoms with Crippen LogP contribution in [0.5, 0.6) is 0 Å². The van der Waals surface area contributed by atoms with Gasteiger partial charge in [0.2, 0.25) is 11.8 Å². The number of aliphatic imine (C=N–C) groups is 1. The van der Waals surface area contributed by atoms with E-state index in [2.05, 4.69) is 35.5 Å². The second-order valence-corrected chi connectivity index (χ2v) is 8.86. The molecule has 0 spiro atoms. The number of nitro groups is 1. The molecule has 0 bridgehead atoms. The first kappa shape index (κ1) is 31.1. The second-order valence-electron chi connectivity index (χ2n) is 8.86. The molecule has 0 aromatic carbocycles. The molecule has 11 nitrogen and oxygen atoms in total. The number of carbonyl (C=O) groups is 2. The maximum Gasteiger partial charge on any atom is 0.251 e. The van der Waals surface area contributed by atoms with E-state index in [0.717, 1.165) is 57.8 Å². The summed E-state index contributed by atoms with van der Waals surface area (Å²) < 4.78 is 0. The standard InChI is InChI=1S/C23H43N7O4/c1-19(2)15-18-26-22(32)20(13-12-17-27-23(25)29-30(33)34)28-21(31)14-10-8-6-4-3-5-7-9-11-16-24/h19-20H,3-15,17-18H2,1-2H3,(H,26,32)(H,28,31)(H3,25,27,29)/t20-/m0/s1. The number of nitrogens with one attached hydrogen (secondary N) is 3. The van der Waals surface area contributed by atoms with Gasteiger partial charge in [-0.05, 0) is 38.0 Å². The summed E-state index contributed by atoms with van der Waals surface area (Å²) in [6.45, 7) is 4.88. The third kappa shape index (κ3) is 19.8. The molecule has 0 aliphatic rings. The highest BCUT2D eigenvalue weighted by molar-refractivity contribution is 5.87. The van der Waals surface area contributed by atoms with Crippen molar-refractivity contribution in [1.82, 2.24) is 16.1 Å². The number of guanidine groups is 1. The van der Waals surface area contributed by atoms with Crippen molar-refractivity contribution >= 4 is 17.8 Å². The van der Waals surface area contributed by atoms with E-state index in [9.17, 15) is 19.7 Å². The summed E-state index contributed by atoms with van der Waals surface area (Å²) in [5.41, 5.74) is 7.15. The fourth-order valence-corrected chi connectivity index (χ4v) is 3.32. The summed E-state index contributed by atoms with van der Waals surface area (Å²) in [6.07, 6.45) is 11.0. The van der Waals surface area contributed by atoms with Crippen LogP contribution in [0.2, 0.25) is 0 Å². The Morgan fingerprint density at radius 3 is 2.24 bits per heavy atom. The van der Waals surface area contributed by atoms with Crippen molar-refractivity contribution in [2.75, 3.05) is 13.1 Å². The van der Waals surface area contributed by atoms with E-state index in [4.69, 9.17) is 11.0 Å². The topological polar surface area (TPSA) is 176 Å². The van der Waals surface area contributed by atoms with Crippen molar-refractivity contribution < 1.29 is 14.6 Å². The predicted molar refractivity (Wildman–Crippen MR) is 132 cm³/mol. The molecule has 5 N–H and O–H groups in total. The van der Waals surface area contributed by atoms with E-state index in [0.29, 0.717) is 38.1 Å². The second kappa shape index (κ2) is 20.7. The quantitative estimate of drug-likeness (QED) is 0.0679. The van der Waals surface area contributed by atoms with Crippen molar-refractivity contribution in [2.24, 2.45) is 16.6 Å². The highest BCUT2D eigenvalue weighted by Crippen LogP contribution is 2.11. The molecule has 1 atom stereocenters. The molecule has 0 radical (unpaired) electrons. The van der Waals surface area contributed by atoms with E-state index in [-0.39, 0.29) is 24.3 Å². The Morgan fingerprint density at radius 2 is 1.65 bits per heavy atom. The number of nitrogens with two attached hydrogens (primary N) is 1. The number of nitriles is 1. The monoisotopic (exact) mass is 481 g/mol. The van der Waals surface area contributed by atoms with Crippen LogP contribution in [0.3, 0.4) is 0 Å².